The Bertz CT molecular complexity index is 444. The van der Waals surface area contributed by atoms with Crippen LogP contribution in [0.3, 0.4) is 0 Å². The number of hydrogen-bond donors (Lipinski definition) is 1. The summed E-state index contributed by atoms with van der Waals surface area (Å²) < 4.78 is 29.8. The van der Waals surface area contributed by atoms with Crippen LogP contribution >= 0.6 is 12.4 Å². The molecule has 7 nitrogen and oxygen atoms in total. The van der Waals surface area contributed by atoms with Crippen LogP contribution in [0.4, 0.5) is 0 Å². The minimum atomic E-state index is -3.55. The number of sulfonamides is 1. The maximum Gasteiger partial charge on any atom is 0.318 e. The van der Waals surface area contributed by atoms with Crippen LogP contribution in [-0.2, 0) is 19.6 Å². The van der Waals surface area contributed by atoms with Crippen molar-refractivity contribution in [2.75, 3.05) is 45.6 Å². The van der Waals surface area contributed by atoms with Gasteiger partial charge in [0.1, 0.15) is 6.54 Å². The average Bonchev–Trinajstić information content (AvgIpc) is 2.34. The predicted molar refractivity (Wildman–Crippen MR) is 86.9 cm³/mol. The quantitative estimate of drug-likeness (QED) is 0.680. The summed E-state index contributed by atoms with van der Waals surface area (Å²) in [7, 11) is -3.55. The van der Waals surface area contributed by atoms with Gasteiger partial charge in [0.25, 0.3) is 0 Å². The minimum Gasteiger partial charge on any atom is -0.480 e. The minimum absolute atomic E-state index is 0. The number of rotatable bonds is 8. The van der Waals surface area contributed by atoms with E-state index in [0.29, 0.717) is 19.1 Å². The summed E-state index contributed by atoms with van der Waals surface area (Å²) in [5, 5.41) is 8.82. The number of aliphatic carboxylic acids is 1. The van der Waals surface area contributed by atoms with Gasteiger partial charge in [-0.1, -0.05) is 13.8 Å². The van der Waals surface area contributed by atoms with Crippen LogP contribution in [0, 0.1) is 5.92 Å². The summed E-state index contributed by atoms with van der Waals surface area (Å²) in [6, 6.07) is 0. The fourth-order valence-corrected chi connectivity index (χ4v) is 3.01. The van der Waals surface area contributed by atoms with Crippen molar-refractivity contribution in [1.29, 1.82) is 0 Å². The van der Waals surface area contributed by atoms with Gasteiger partial charge in [0.05, 0.1) is 19.0 Å². The number of carboxylic acid groups (broad SMARTS) is 1. The van der Waals surface area contributed by atoms with Gasteiger partial charge < -0.3 is 9.84 Å². The summed E-state index contributed by atoms with van der Waals surface area (Å²) in [6.07, 6.45) is 1.83. The van der Waals surface area contributed by atoms with Crippen LogP contribution in [0.2, 0.25) is 0 Å². The van der Waals surface area contributed by atoms with Gasteiger partial charge in [-0.25, -0.2) is 8.42 Å². The molecule has 0 bridgehead atoms. The van der Waals surface area contributed by atoms with Gasteiger partial charge in [-0.15, -0.1) is 12.4 Å². The van der Waals surface area contributed by atoms with Gasteiger partial charge in [0, 0.05) is 19.6 Å². The molecule has 0 aromatic carbocycles. The molecule has 0 aromatic heterocycles. The van der Waals surface area contributed by atoms with E-state index < -0.39 is 22.5 Å². The second-order valence-corrected chi connectivity index (χ2v) is 7.91. The van der Waals surface area contributed by atoms with E-state index in [1.165, 1.54) is 0 Å². The van der Waals surface area contributed by atoms with Gasteiger partial charge in [-0.05, 0) is 18.9 Å². The van der Waals surface area contributed by atoms with Crippen LogP contribution < -0.4 is 0 Å². The van der Waals surface area contributed by atoms with Gasteiger partial charge in [-0.3, -0.25) is 9.69 Å². The Morgan fingerprint density at radius 3 is 2.59 bits per heavy atom. The maximum absolute atomic E-state index is 11.6. The summed E-state index contributed by atoms with van der Waals surface area (Å²) in [6.45, 7) is 6.86. The molecule has 0 amide bonds. The molecule has 1 aliphatic heterocycles. The molecule has 0 spiro atoms. The van der Waals surface area contributed by atoms with Gasteiger partial charge in [-0.2, -0.15) is 4.31 Å². The Hall–Kier alpha value is -0.410. The third-order valence-electron chi connectivity index (χ3n) is 3.43. The Morgan fingerprint density at radius 2 is 2.09 bits per heavy atom. The van der Waals surface area contributed by atoms with Crippen LogP contribution in [0.5, 0.6) is 0 Å². The second kappa shape index (κ2) is 9.67. The Labute approximate surface area is 139 Å². The zero-order valence-electron chi connectivity index (χ0n) is 13.4. The fraction of sp³-hybridized carbons (Fsp3) is 0.923. The van der Waals surface area contributed by atoms with Crippen molar-refractivity contribution in [3.8, 4) is 0 Å². The predicted octanol–water partition coefficient (Wildman–Crippen LogP) is 0.501. The zero-order chi connectivity index (χ0) is 16.0. The molecule has 1 rings (SSSR count). The number of carbonyl (C=O) groups is 1. The van der Waals surface area contributed by atoms with Crippen molar-refractivity contribution < 1.29 is 23.1 Å². The summed E-state index contributed by atoms with van der Waals surface area (Å²) in [5.74, 6) is -0.543. The highest BCUT2D eigenvalue weighted by Gasteiger charge is 2.27. The Balaban J connectivity index is 0.00000441. The summed E-state index contributed by atoms with van der Waals surface area (Å²) in [4.78, 5) is 13.0. The monoisotopic (exact) mass is 358 g/mol. The van der Waals surface area contributed by atoms with E-state index in [1.54, 1.807) is 0 Å². The summed E-state index contributed by atoms with van der Waals surface area (Å²) in [5.41, 5.74) is 0. The van der Waals surface area contributed by atoms with Crippen molar-refractivity contribution in [3.63, 3.8) is 0 Å². The number of nitrogens with zero attached hydrogens (tertiary/aromatic N) is 2. The molecular formula is C13H27ClN2O5S. The lowest BCUT2D eigenvalue weighted by atomic mass is 10.1. The standard InChI is InChI=1S/C13H26N2O5S.ClH/c1-11(2)4-5-14-6-7-20-12(8-14)9-15(10-13(16)17)21(3,18)19;/h11-12H,4-10H2,1-3H3,(H,16,17);1H. The molecule has 1 aliphatic rings. The smallest absolute Gasteiger partial charge is 0.318 e. The highest BCUT2D eigenvalue weighted by molar-refractivity contribution is 7.88. The maximum atomic E-state index is 11.6. The van der Waals surface area contributed by atoms with Crippen LogP contribution in [0.1, 0.15) is 20.3 Å². The molecule has 0 aromatic rings. The van der Waals surface area contributed by atoms with Gasteiger partial charge in [0.15, 0.2) is 0 Å². The number of morpholine rings is 1. The first-order valence-corrected chi connectivity index (χ1v) is 9.04. The molecule has 1 saturated heterocycles. The van der Waals surface area contributed by atoms with Crippen molar-refractivity contribution in [2.45, 2.75) is 26.4 Å². The van der Waals surface area contributed by atoms with E-state index in [0.717, 1.165) is 30.1 Å². The number of carboxylic acids is 1. The topological polar surface area (TPSA) is 87.2 Å². The van der Waals surface area contributed by atoms with E-state index in [4.69, 9.17) is 9.84 Å². The van der Waals surface area contributed by atoms with Crippen LogP contribution in [0.15, 0.2) is 0 Å². The molecule has 1 atom stereocenters. The van der Waals surface area contributed by atoms with Gasteiger partial charge >= 0.3 is 5.97 Å². The normalized spacial score (nSPS) is 20.1. The highest BCUT2D eigenvalue weighted by atomic mass is 35.5. The number of hydrogen-bond acceptors (Lipinski definition) is 5. The van der Waals surface area contributed by atoms with E-state index in [9.17, 15) is 13.2 Å². The van der Waals surface area contributed by atoms with Crippen molar-refractivity contribution in [3.05, 3.63) is 0 Å². The van der Waals surface area contributed by atoms with E-state index in [-0.39, 0.29) is 25.1 Å². The second-order valence-electron chi connectivity index (χ2n) is 5.93. The first-order valence-electron chi connectivity index (χ1n) is 7.19. The molecule has 1 fully saturated rings. The third kappa shape index (κ3) is 8.28. The largest absolute Gasteiger partial charge is 0.480 e. The highest BCUT2D eigenvalue weighted by Crippen LogP contribution is 2.11. The zero-order valence-corrected chi connectivity index (χ0v) is 15.0. The molecule has 1 unspecified atom stereocenters. The van der Waals surface area contributed by atoms with Crippen molar-refractivity contribution in [1.82, 2.24) is 9.21 Å². The average molecular weight is 359 g/mol. The molecule has 0 saturated carbocycles. The van der Waals surface area contributed by atoms with E-state index in [2.05, 4.69) is 18.7 Å². The molecule has 1 N–H and O–H groups in total. The first-order chi connectivity index (χ1) is 9.68. The molecule has 9 heteroatoms. The summed E-state index contributed by atoms with van der Waals surface area (Å²) >= 11 is 0. The molecule has 132 valence electrons. The van der Waals surface area contributed by atoms with Crippen molar-refractivity contribution >= 4 is 28.4 Å². The third-order valence-corrected chi connectivity index (χ3v) is 4.65. The van der Waals surface area contributed by atoms with Crippen LogP contribution in [0.25, 0.3) is 0 Å². The number of halogens is 1. The molecular weight excluding hydrogens is 332 g/mol. The lowest BCUT2D eigenvalue weighted by Crippen LogP contribution is -2.49. The molecule has 0 radical (unpaired) electrons. The van der Waals surface area contributed by atoms with Gasteiger partial charge in [0.2, 0.25) is 10.0 Å². The fourth-order valence-electron chi connectivity index (χ4n) is 2.23. The Morgan fingerprint density at radius 1 is 1.45 bits per heavy atom. The van der Waals surface area contributed by atoms with E-state index >= 15 is 0 Å². The number of ether oxygens (including phenoxy) is 1. The van der Waals surface area contributed by atoms with E-state index in [1.807, 2.05) is 0 Å². The first kappa shape index (κ1) is 21.6. The molecule has 0 aliphatic carbocycles. The lowest BCUT2D eigenvalue weighted by molar-refractivity contribution is -0.137. The molecule has 1 heterocycles. The molecule has 22 heavy (non-hydrogen) atoms. The Kier molecular flexibility index (Phi) is 9.49. The van der Waals surface area contributed by atoms with Crippen molar-refractivity contribution in [2.24, 2.45) is 5.92 Å². The lowest BCUT2D eigenvalue weighted by Gasteiger charge is -2.35. The SMILES string of the molecule is CC(C)CCN1CCOC(CN(CC(=O)O)S(C)(=O)=O)C1.Cl. The van der Waals surface area contributed by atoms with Crippen LogP contribution in [-0.4, -0.2) is 80.4 Å².